The number of rotatable bonds is 6. The SMILES string of the molecule is COc1ccccc1N1CCN(CCCN2CNc3ccccc32)CC1. The van der Waals surface area contributed by atoms with E-state index in [9.17, 15) is 0 Å². The van der Waals surface area contributed by atoms with Crippen molar-refractivity contribution in [2.75, 3.05) is 68.2 Å². The van der Waals surface area contributed by atoms with Crippen LogP contribution in [0.5, 0.6) is 5.75 Å². The smallest absolute Gasteiger partial charge is 0.142 e. The third kappa shape index (κ3) is 3.58. The van der Waals surface area contributed by atoms with E-state index in [-0.39, 0.29) is 0 Å². The van der Waals surface area contributed by atoms with E-state index in [0.717, 1.165) is 45.1 Å². The van der Waals surface area contributed by atoms with Crippen LogP contribution in [0, 0.1) is 0 Å². The third-order valence-corrected chi connectivity index (χ3v) is 5.41. The van der Waals surface area contributed by atoms with Gasteiger partial charge in [0.2, 0.25) is 0 Å². The topological polar surface area (TPSA) is 31.0 Å². The second kappa shape index (κ2) is 7.87. The van der Waals surface area contributed by atoms with Gasteiger partial charge in [0.15, 0.2) is 0 Å². The maximum absolute atomic E-state index is 5.51. The van der Waals surface area contributed by atoms with Crippen LogP contribution in [-0.4, -0.2) is 57.9 Å². The number of hydrogen-bond donors (Lipinski definition) is 1. The number of anilines is 3. The van der Waals surface area contributed by atoms with Crippen molar-refractivity contribution in [1.82, 2.24) is 4.90 Å². The van der Waals surface area contributed by atoms with Gasteiger partial charge in [0.1, 0.15) is 5.75 Å². The number of methoxy groups -OCH3 is 1. The zero-order valence-electron chi connectivity index (χ0n) is 15.5. The van der Waals surface area contributed by atoms with E-state index in [2.05, 4.69) is 56.4 Å². The van der Waals surface area contributed by atoms with Crippen LogP contribution in [0.15, 0.2) is 48.5 Å². The molecule has 0 bridgehead atoms. The zero-order valence-corrected chi connectivity index (χ0v) is 15.5. The van der Waals surface area contributed by atoms with Crippen molar-refractivity contribution < 1.29 is 4.74 Å². The first-order valence-corrected chi connectivity index (χ1v) is 9.53. The summed E-state index contributed by atoms with van der Waals surface area (Å²) in [4.78, 5) is 7.47. The first-order chi connectivity index (χ1) is 12.8. The predicted octanol–water partition coefficient (Wildman–Crippen LogP) is 3.10. The summed E-state index contributed by atoms with van der Waals surface area (Å²) in [6, 6.07) is 16.9. The molecule has 2 aromatic carbocycles. The number of hydrogen-bond acceptors (Lipinski definition) is 5. The molecule has 2 aliphatic rings. The maximum atomic E-state index is 5.51. The Kier molecular flexibility index (Phi) is 5.16. The first-order valence-electron chi connectivity index (χ1n) is 9.53. The number of para-hydroxylation sites is 4. The lowest BCUT2D eigenvalue weighted by Crippen LogP contribution is -2.47. The summed E-state index contributed by atoms with van der Waals surface area (Å²) in [5.74, 6) is 0.973. The zero-order chi connectivity index (χ0) is 17.8. The summed E-state index contributed by atoms with van der Waals surface area (Å²) in [6.07, 6.45) is 1.20. The van der Waals surface area contributed by atoms with Crippen molar-refractivity contribution >= 4 is 17.1 Å². The molecule has 2 aromatic rings. The van der Waals surface area contributed by atoms with Crippen molar-refractivity contribution in [3.63, 3.8) is 0 Å². The number of nitrogens with zero attached hydrogens (tertiary/aromatic N) is 3. The first kappa shape index (κ1) is 17.0. The monoisotopic (exact) mass is 352 g/mol. The molecule has 26 heavy (non-hydrogen) atoms. The minimum Gasteiger partial charge on any atom is -0.495 e. The highest BCUT2D eigenvalue weighted by atomic mass is 16.5. The summed E-state index contributed by atoms with van der Waals surface area (Å²) >= 11 is 0. The summed E-state index contributed by atoms with van der Waals surface area (Å²) < 4.78 is 5.51. The molecule has 2 aliphatic heterocycles. The quantitative estimate of drug-likeness (QED) is 0.863. The fourth-order valence-corrected chi connectivity index (χ4v) is 3.95. The minimum atomic E-state index is 0.931. The van der Waals surface area contributed by atoms with Crippen LogP contribution in [0.3, 0.4) is 0 Å². The van der Waals surface area contributed by atoms with Gasteiger partial charge in [-0.2, -0.15) is 0 Å². The fraction of sp³-hybridized carbons (Fsp3) is 0.429. The van der Waals surface area contributed by atoms with E-state index in [4.69, 9.17) is 4.74 Å². The molecule has 0 unspecified atom stereocenters. The molecule has 0 atom stereocenters. The molecule has 1 N–H and O–H groups in total. The minimum absolute atomic E-state index is 0.931. The summed E-state index contributed by atoms with van der Waals surface area (Å²) in [5.41, 5.74) is 3.82. The van der Waals surface area contributed by atoms with E-state index < -0.39 is 0 Å². The highest BCUT2D eigenvalue weighted by molar-refractivity contribution is 5.74. The molecular formula is C21H28N4O. The molecule has 4 rings (SSSR count). The van der Waals surface area contributed by atoms with Crippen molar-refractivity contribution in [3.8, 4) is 5.75 Å². The lowest BCUT2D eigenvalue weighted by Gasteiger charge is -2.36. The average Bonchev–Trinajstić information content (AvgIpc) is 3.12. The van der Waals surface area contributed by atoms with Crippen molar-refractivity contribution in [1.29, 1.82) is 0 Å². The van der Waals surface area contributed by atoms with Gasteiger partial charge in [0.25, 0.3) is 0 Å². The van der Waals surface area contributed by atoms with Gasteiger partial charge < -0.3 is 19.9 Å². The second-order valence-electron chi connectivity index (χ2n) is 6.97. The molecule has 1 fully saturated rings. The molecular weight excluding hydrogens is 324 g/mol. The fourth-order valence-electron chi connectivity index (χ4n) is 3.95. The molecule has 0 amide bonds. The number of piperazine rings is 1. The number of ether oxygens (including phenoxy) is 1. The molecule has 0 aliphatic carbocycles. The average molecular weight is 352 g/mol. The third-order valence-electron chi connectivity index (χ3n) is 5.41. The van der Waals surface area contributed by atoms with Crippen LogP contribution in [0.25, 0.3) is 0 Å². The molecule has 1 saturated heterocycles. The van der Waals surface area contributed by atoms with Gasteiger partial charge in [0, 0.05) is 32.7 Å². The molecule has 5 heteroatoms. The van der Waals surface area contributed by atoms with E-state index in [1.165, 1.54) is 30.0 Å². The maximum Gasteiger partial charge on any atom is 0.142 e. The molecule has 138 valence electrons. The van der Waals surface area contributed by atoms with Crippen LogP contribution < -0.4 is 19.9 Å². The lowest BCUT2D eigenvalue weighted by atomic mass is 10.2. The van der Waals surface area contributed by atoms with E-state index in [1.54, 1.807) is 7.11 Å². The van der Waals surface area contributed by atoms with E-state index in [0.29, 0.717) is 0 Å². The van der Waals surface area contributed by atoms with Gasteiger partial charge in [0.05, 0.1) is 30.8 Å². The highest BCUT2D eigenvalue weighted by Crippen LogP contribution is 2.31. The Bertz CT molecular complexity index is 727. The number of benzene rings is 2. The Morgan fingerprint density at radius 2 is 1.62 bits per heavy atom. The summed E-state index contributed by atoms with van der Waals surface area (Å²) in [7, 11) is 1.75. The van der Waals surface area contributed by atoms with Crippen molar-refractivity contribution in [3.05, 3.63) is 48.5 Å². The molecule has 0 radical (unpaired) electrons. The second-order valence-corrected chi connectivity index (χ2v) is 6.97. The summed E-state index contributed by atoms with van der Waals surface area (Å²) in [6.45, 7) is 7.57. The predicted molar refractivity (Wildman–Crippen MR) is 109 cm³/mol. The van der Waals surface area contributed by atoms with Crippen LogP contribution in [0.4, 0.5) is 17.1 Å². The van der Waals surface area contributed by atoms with E-state index in [1.807, 2.05) is 12.1 Å². The normalized spacial score (nSPS) is 17.1. The highest BCUT2D eigenvalue weighted by Gasteiger charge is 2.20. The van der Waals surface area contributed by atoms with Crippen LogP contribution in [0.2, 0.25) is 0 Å². The molecule has 0 spiro atoms. The van der Waals surface area contributed by atoms with Gasteiger partial charge in [-0.3, -0.25) is 4.90 Å². The Labute approximate surface area is 156 Å². The van der Waals surface area contributed by atoms with Gasteiger partial charge in [-0.25, -0.2) is 0 Å². The lowest BCUT2D eigenvalue weighted by molar-refractivity contribution is 0.255. The Hall–Kier alpha value is -2.40. The van der Waals surface area contributed by atoms with Gasteiger partial charge in [-0.1, -0.05) is 24.3 Å². The van der Waals surface area contributed by atoms with Gasteiger partial charge in [-0.15, -0.1) is 0 Å². The largest absolute Gasteiger partial charge is 0.495 e. The summed E-state index contributed by atoms with van der Waals surface area (Å²) in [5, 5.41) is 3.47. The van der Waals surface area contributed by atoms with Crippen LogP contribution >= 0.6 is 0 Å². The van der Waals surface area contributed by atoms with Gasteiger partial charge >= 0.3 is 0 Å². The number of nitrogens with one attached hydrogen (secondary N) is 1. The molecule has 2 heterocycles. The van der Waals surface area contributed by atoms with E-state index >= 15 is 0 Å². The molecule has 0 aromatic heterocycles. The van der Waals surface area contributed by atoms with Crippen LogP contribution in [0.1, 0.15) is 6.42 Å². The Morgan fingerprint density at radius 1 is 0.885 bits per heavy atom. The van der Waals surface area contributed by atoms with Crippen LogP contribution in [-0.2, 0) is 0 Å². The Morgan fingerprint density at radius 3 is 2.42 bits per heavy atom. The standard InChI is InChI=1S/C21H28N4O/c1-26-21-10-5-4-9-20(21)24-15-13-23(14-16-24)11-6-12-25-17-22-18-7-2-3-8-19(18)25/h2-5,7-10,22H,6,11-17H2,1H3. The van der Waals surface area contributed by atoms with Crippen molar-refractivity contribution in [2.24, 2.45) is 0 Å². The molecule has 0 saturated carbocycles. The molecule has 5 nitrogen and oxygen atoms in total. The number of fused-ring (bicyclic) bond motifs is 1. The Balaban J connectivity index is 1.24. The van der Waals surface area contributed by atoms with Gasteiger partial charge in [-0.05, 0) is 37.2 Å². The van der Waals surface area contributed by atoms with Crippen molar-refractivity contribution in [2.45, 2.75) is 6.42 Å².